The summed E-state index contributed by atoms with van der Waals surface area (Å²) in [6.45, 7) is 2.86. The maximum Gasteiger partial charge on any atom is 0.169 e. The Kier molecular flexibility index (Phi) is 4.05. The minimum absolute atomic E-state index is 0.117. The molecule has 0 fully saturated rings. The van der Waals surface area contributed by atoms with Crippen molar-refractivity contribution in [2.75, 3.05) is 0 Å². The number of hydrogen-bond donors (Lipinski definition) is 0. The summed E-state index contributed by atoms with van der Waals surface area (Å²) in [6.07, 6.45) is 0.341. The van der Waals surface area contributed by atoms with E-state index in [-0.39, 0.29) is 5.78 Å². The molecule has 21 heavy (non-hydrogen) atoms. The van der Waals surface area contributed by atoms with Gasteiger partial charge < -0.3 is 0 Å². The molecule has 0 aliphatic carbocycles. The van der Waals surface area contributed by atoms with Crippen molar-refractivity contribution in [3.8, 4) is 0 Å². The molecule has 3 aromatic rings. The number of ketones is 1. The van der Waals surface area contributed by atoms with E-state index in [2.05, 4.69) is 34.6 Å². The fraction of sp³-hybridized carbons (Fsp3) is 0.176. The zero-order valence-corrected chi connectivity index (χ0v) is 13.9. The van der Waals surface area contributed by atoms with Gasteiger partial charge in [0.15, 0.2) is 5.78 Å². The Morgan fingerprint density at radius 1 is 1.14 bits per heavy atom. The molecular formula is C17H15IN2O. The molecule has 0 spiro atoms. The molecule has 106 valence electrons. The summed E-state index contributed by atoms with van der Waals surface area (Å²) in [6, 6.07) is 15.8. The first-order valence-corrected chi connectivity index (χ1v) is 8.00. The smallest absolute Gasteiger partial charge is 0.169 e. The molecular weight excluding hydrogens is 375 g/mol. The monoisotopic (exact) mass is 390 g/mol. The topological polar surface area (TPSA) is 34.9 Å². The molecule has 0 N–H and O–H groups in total. The van der Waals surface area contributed by atoms with Crippen LogP contribution in [0.2, 0.25) is 0 Å². The molecule has 1 aromatic heterocycles. The number of carbonyl (C=O) groups excluding carboxylic acids is 1. The third kappa shape index (κ3) is 2.72. The van der Waals surface area contributed by atoms with Crippen molar-refractivity contribution in [3.05, 3.63) is 63.4 Å². The highest BCUT2D eigenvalue weighted by atomic mass is 127. The summed E-state index contributed by atoms with van der Waals surface area (Å²) in [5, 5.41) is 5.66. The fourth-order valence-corrected chi connectivity index (χ4v) is 3.19. The summed E-state index contributed by atoms with van der Waals surface area (Å²) < 4.78 is 2.94. The van der Waals surface area contributed by atoms with Crippen molar-refractivity contribution in [1.82, 2.24) is 9.78 Å². The van der Waals surface area contributed by atoms with Crippen LogP contribution >= 0.6 is 22.6 Å². The van der Waals surface area contributed by atoms with Crippen LogP contribution in [0.3, 0.4) is 0 Å². The summed E-state index contributed by atoms with van der Waals surface area (Å²) in [4.78, 5) is 12.5. The lowest BCUT2D eigenvalue weighted by atomic mass is 10.0. The van der Waals surface area contributed by atoms with Crippen molar-refractivity contribution in [3.63, 3.8) is 0 Å². The van der Waals surface area contributed by atoms with Gasteiger partial charge in [-0.2, -0.15) is 5.10 Å². The Morgan fingerprint density at radius 3 is 2.62 bits per heavy atom. The van der Waals surface area contributed by atoms with Gasteiger partial charge in [0.25, 0.3) is 0 Å². The number of Topliss-reactive ketones (excluding diaryl/α,β-unsaturated/α-hetero) is 1. The van der Waals surface area contributed by atoms with E-state index in [4.69, 9.17) is 0 Å². The van der Waals surface area contributed by atoms with E-state index < -0.39 is 0 Å². The number of para-hydroxylation sites is 1. The predicted molar refractivity (Wildman–Crippen MR) is 92.6 cm³/mol. The second-order valence-electron chi connectivity index (χ2n) is 4.86. The normalized spacial score (nSPS) is 11.0. The van der Waals surface area contributed by atoms with Gasteiger partial charge in [-0.25, -0.2) is 0 Å². The lowest BCUT2D eigenvalue weighted by Crippen LogP contribution is -2.07. The summed E-state index contributed by atoms with van der Waals surface area (Å²) >= 11 is 2.20. The molecule has 3 nitrogen and oxygen atoms in total. The Morgan fingerprint density at radius 2 is 1.86 bits per heavy atom. The zero-order valence-electron chi connectivity index (χ0n) is 11.7. The van der Waals surface area contributed by atoms with Gasteiger partial charge in [-0.05, 0) is 41.6 Å². The van der Waals surface area contributed by atoms with E-state index in [0.29, 0.717) is 6.42 Å². The summed E-state index contributed by atoms with van der Waals surface area (Å²) in [5.41, 5.74) is 2.72. The first-order chi connectivity index (χ1) is 10.2. The van der Waals surface area contributed by atoms with Crippen LogP contribution in [0.25, 0.3) is 10.9 Å². The van der Waals surface area contributed by atoms with Crippen LogP contribution in [0, 0.1) is 3.57 Å². The highest BCUT2D eigenvalue weighted by Gasteiger charge is 2.15. The molecule has 0 saturated carbocycles. The van der Waals surface area contributed by atoms with Gasteiger partial charge in [0, 0.05) is 21.1 Å². The number of nitrogens with zero attached hydrogens (tertiary/aromatic N) is 2. The quantitative estimate of drug-likeness (QED) is 0.497. The van der Waals surface area contributed by atoms with Gasteiger partial charge in [0.05, 0.1) is 17.6 Å². The molecule has 0 unspecified atom stereocenters. The van der Waals surface area contributed by atoms with Crippen LogP contribution in [0.5, 0.6) is 0 Å². The minimum Gasteiger partial charge on any atom is -0.294 e. The second kappa shape index (κ2) is 5.97. The van der Waals surface area contributed by atoms with Gasteiger partial charge in [0.2, 0.25) is 0 Å². The Bertz CT molecular complexity index is 807. The van der Waals surface area contributed by atoms with Crippen molar-refractivity contribution in [2.45, 2.75) is 19.9 Å². The lowest BCUT2D eigenvalue weighted by molar-refractivity contribution is 0.0991. The average molecular weight is 390 g/mol. The maximum atomic E-state index is 12.5. The van der Waals surface area contributed by atoms with Gasteiger partial charge in [-0.15, -0.1) is 0 Å². The largest absolute Gasteiger partial charge is 0.294 e. The first-order valence-electron chi connectivity index (χ1n) is 6.93. The van der Waals surface area contributed by atoms with E-state index in [1.807, 2.05) is 53.2 Å². The van der Waals surface area contributed by atoms with Gasteiger partial charge in [-0.3, -0.25) is 9.48 Å². The lowest BCUT2D eigenvalue weighted by Gasteiger charge is -2.02. The van der Waals surface area contributed by atoms with E-state index in [1.54, 1.807) is 0 Å². The Hall–Kier alpha value is -1.69. The molecule has 0 aliphatic rings. The van der Waals surface area contributed by atoms with E-state index >= 15 is 0 Å². The fourth-order valence-electron chi connectivity index (χ4n) is 2.50. The number of fused-ring (bicyclic) bond motifs is 1. The van der Waals surface area contributed by atoms with E-state index in [9.17, 15) is 4.79 Å². The number of hydrogen-bond acceptors (Lipinski definition) is 2. The SMILES string of the molecule is CCn1nc(CC(=O)c2ccccc2I)c2ccccc21. The molecule has 4 heteroatoms. The van der Waals surface area contributed by atoms with Crippen LogP contribution in [-0.4, -0.2) is 15.6 Å². The van der Waals surface area contributed by atoms with Crippen LogP contribution < -0.4 is 0 Å². The van der Waals surface area contributed by atoms with E-state index in [0.717, 1.165) is 32.3 Å². The molecule has 3 rings (SSSR count). The third-order valence-corrected chi connectivity index (χ3v) is 4.48. The molecule has 0 bridgehead atoms. The molecule has 0 atom stereocenters. The highest BCUT2D eigenvalue weighted by molar-refractivity contribution is 14.1. The minimum atomic E-state index is 0.117. The average Bonchev–Trinajstić information content (AvgIpc) is 2.86. The number of aromatic nitrogens is 2. The van der Waals surface area contributed by atoms with Crippen LogP contribution in [-0.2, 0) is 13.0 Å². The third-order valence-electron chi connectivity index (χ3n) is 3.54. The van der Waals surface area contributed by atoms with Crippen molar-refractivity contribution < 1.29 is 4.79 Å². The van der Waals surface area contributed by atoms with Gasteiger partial charge >= 0.3 is 0 Å². The van der Waals surface area contributed by atoms with Crippen molar-refractivity contribution in [2.24, 2.45) is 0 Å². The molecule has 0 amide bonds. The van der Waals surface area contributed by atoms with Crippen molar-refractivity contribution >= 4 is 39.3 Å². The van der Waals surface area contributed by atoms with Gasteiger partial charge in [0.1, 0.15) is 0 Å². The molecule has 0 radical (unpaired) electrons. The predicted octanol–water partition coefficient (Wildman–Crippen LogP) is 4.09. The Balaban J connectivity index is 1.99. The summed E-state index contributed by atoms with van der Waals surface area (Å²) in [5.74, 6) is 0.117. The second-order valence-corrected chi connectivity index (χ2v) is 6.02. The number of benzene rings is 2. The molecule has 1 heterocycles. The van der Waals surface area contributed by atoms with Crippen LogP contribution in [0.1, 0.15) is 23.0 Å². The zero-order chi connectivity index (χ0) is 14.8. The van der Waals surface area contributed by atoms with Crippen LogP contribution in [0.15, 0.2) is 48.5 Å². The maximum absolute atomic E-state index is 12.5. The van der Waals surface area contributed by atoms with E-state index in [1.165, 1.54) is 0 Å². The molecule has 0 saturated heterocycles. The number of carbonyl (C=O) groups is 1. The molecule has 0 aliphatic heterocycles. The first kappa shape index (κ1) is 14.3. The number of halogens is 1. The Labute approximate surface area is 137 Å². The van der Waals surface area contributed by atoms with Crippen molar-refractivity contribution in [1.29, 1.82) is 0 Å². The highest BCUT2D eigenvalue weighted by Crippen LogP contribution is 2.21. The number of aryl methyl sites for hydroxylation is 1. The van der Waals surface area contributed by atoms with Gasteiger partial charge in [-0.1, -0.05) is 36.4 Å². The standard InChI is InChI=1S/C17H15IN2O/c1-2-20-16-10-6-4-8-13(16)15(19-20)11-17(21)12-7-3-5-9-14(12)18/h3-10H,2,11H2,1H3. The van der Waals surface area contributed by atoms with Crippen LogP contribution in [0.4, 0.5) is 0 Å². The summed E-state index contributed by atoms with van der Waals surface area (Å²) in [7, 11) is 0. The molecule has 2 aromatic carbocycles. The number of rotatable bonds is 4.